The first-order valence-corrected chi connectivity index (χ1v) is 8.07. The van der Waals surface area contributed by atoms with Gasteiger partial charge in [0, 0.05) is 18.3 Å². The number of carbonyl (C=O) groups is 1. The van der Waals surface area contributed by atoms with Crippen molar-refractivity contribution in [1.29, 1.82) is 0 Å². The molecule has 0 aliphatic carbocycles. The third-order valence-electron chi connectivity index (χ3n) is 3.74. The molecule has 2 atom stereocenters. The number of halogens is 1. The van der Waals surface area contributed by atoms with E-state index in [4.69, 9.17) is 24.7 Å². The van der Waals surface area contributed by atoms with Gasteiger partial charge in [0.1, 0.15) is 19.0 Å². The molecular weight excluding hydrogens is 412 g/mol. The van der Waals surface area contributed by atoms with Gasteiger partial charge in [-0.05, 0) is 23.8 Å². The van der Waals surface area contributed by atoms with Gasteiger partial charge < -0.3 is 24.7 Å². The number of non-ortho nitro benzene ring substituents is 1. The van der Waals surface area contributed by atoms with Crippen LogP contribution in [0.1, 0.15) is 11.8 Å². The molecule has 1 aliphatic rings. The number of ether oxygens (including phenoxy) is 4. The highest BCUT2D eigenvalue weighted by Crippen LogP contribution is 2.20. The van der Waals surface area contributed by atoms with Gasteiger partial charge in [-0.15, -0.1) is 12.4 Å². The first-order chi connectivity index (χ1) is 13.4. The quantitative estimate of drug-likeness (QED) is 0.404. The minimum atomic E-state index is -0.958. The molecule has 2 N–H and O–H groups in total. The van der Waals surface area contributed by atoms with Crippen molar-refractivity contribution >= 4 is 30.1 Å². The molecule has 1 saturated heterocycles. The Bertz CT molecular complexity index is 920. The predicted molar refractivity (Wildman–Crippen MR) is 99.3 cm³/mol. The van der Waals surface area contributed by atoms with E-state index >= 15 is 0 Å². The van der Waals surface area contributed by atoms with Crippen LogP contribution in [0, 0.1) is 10.1 Å². The minimum Gasteiger partial charge on any atom is -0.429 e. The molecule has 1 aliphatic heterocycles. The van der Waals surface area contributed by atoms with Crippen molar-refractivity contribution in [3.63, 3.8) is 0 Å². The number of hydrogen-bond acceptors (Lipinski definition) is 10. The van der Waals surface area contributed by atoms with Gasteiger partial charge in [0.05, 0.1) is 11.5 Å². The Labute approximate surface area is 169 Å². The zero-order chi connectivity index (χ0) is 20.1. The number of anilines is 1. The molecule has 1 aromatic carbocycles. The SMILES string of the molecule is Cl.Nc1ccn(C2COC(COC(=O)OCc3ccc([N+](=O)[O-])cc3)O2)c(=O)n1. The molecule has 2 aromatic rings. The van der Waals surface area contributed by atoms with Crippen LogP contribution in [0.2, 0.25) is 0 Å². The normalized spacial score (nSPS) is 17.9. The molecule has 156 valence electrons. The number of nitro benzene ring substituents is 1. The van der Waals surface area contributed by atoms with Crippen LogP contribution in [0.5, 0.6) is 0 Å². The molecule has 0 saturated carbocycles. The summed E-state index contributed by atoms with van der Waals surface area (Å²) in [5.74, 6) is 0.0933. The Morgan fingerprint density at radius 1 is 1.31 bits per heavy atom. The van der Waals surface area contributed by atoms with Gasteiger partial charge in [-0.1, -0.05) is 0 Å². The van der Waals surface area contributed by atoms with Crippen molar-refractivity contribution in [3.8, 4) is 0 Å². The molecule has 0 amide bonds. The summed E-state index contributed by atoms with van der Waals surface area (Å²) in [6.45, 7) is -0.289. The van der Waals surface area contributed by atoms with Gasteiger partial charge in [0.2, 0.25) is 0 Å². The molecule has 2 heterocycles. The Morgan fingerprint density at radius 3 is 2.69 bits per heavy atom. The Hall–Kier alpha value is -3.22. The summed E-state index contributed by atoms with van der Waals surface area (Å²) in [6.07, 6.45) is -1.12. The molecule has 3 rings (SSSR count). The van der Waals surface area contributed by atoms with Crippen LogP contribution in [0.15, 0.2) is 41.3 Å². The lowest BCUT2D eigenvalue weighted by Crippen LogP contribution is -2.29. The van der Waals surface area contributed by atoms with E-state index in [9.17, 15) is 19.7 Å². The van der Waals surface area contributed by atoms with Gasteiger partial charge in [0.25, 0.3) is 5.69 Å². The third-order valence-corrected chi connectivity index (χ3v) is 3.74. The zero-order valence-electron chi connectivity index (χ0n) is 14.8. The second kappa shape index (κ2) is 9.82. The van der Waals surface area contributed by atoms with E-state index in [-0.39, 0.29) is 43.7 Å². The smallest absolute Gasteiger partial charge is 0.429 e. The van der Waals surface area contributed by atoms with E-state index in [1.165, 1.54) is 41.1 Å². The first kappa shape index (κ1) is 22.1. The lowest BCUT2D eigenvalue weighted by atomic mass is 10.2. The highest BCUT2D eigenvalue weighted by molar-refractivity contribution is 5.85. The number of rotatable bonds is 6. The van der Waals surface area contributed by atoms with Crippen LogP contribution < -0.4 is 11.4 Å². The summed E-state index contributed by atoms with van der Waals surface area (Å²) in [5, 5.41) is 10.6. The number of carbonyl (C=O) groups excluding carboxylic acids is 1. The zero-order valence-corrected chi connectivity index (χ0v) is 15.6. The molecular formula is C16H17ClN4O8. The molecule has 12 nitrogen and oxygen atoms in total. The molecule has 0 radical (unpaired) electrons. The Kier molecular flexibility index (Phi) is 7.47. The second-order valence-corrected chi connectivity index (χ2v) is 5.67. The fourth-order valence-electron chi connectivity index (χ4n) is 2.36. The number of benzene rings is 1. The lowest BCUT2D eigenvalue weighted by Gasteiger charge is -2.13. The van der Waals surface area contributed by atoms with Crippen molar-refractivity contribution in [2.45, 2.75) is 19.1 Å². The van der Waals surface area contributed by atoms with Gasteiger partial charge in [-0.2, -0.15) is 4.98 Å². The molecule has 29 heavy (non-hydrogen) atoms. The highest BCUT2D eigenvalue weighted by atomic mass is 35.5. The van der Waals surface area contributed by atoms with Crippen molar-refractivity contribution < 1.29 is 28.7 Å². The van der Waals surface area contributed by atoms with Crippen LogP contribution in [0.4, 0.5) is 16.3 Å². The van der Waals surface area contributed by atoms with E-state index in [2.05, 4.69) is 4.98 Å². The monoisotopic (exact) mass is 428 g/mol. The van der Waals surface area contributed by atoms with Gasteiger partial charge in [-0.25, -0.2) is 9.59 Å². The van der Waals surface area contributed by atoms with Gasteiger partial charge in [0.15, 0.2) is 12.5 Å². The Balaban J connectivity index is 0.00000300. The van der Waals surface area contributed by atoms with Crippen molar-refractivity contribution in [3.05, 3.63) is 62.7 Å². The average molecular weight is 429 g/mol. The van der Waals surface area contributed by atoms with E-state index in [1.54, 1.807) is 0 Å². The van der Waals surface area contributed by atoms with Crippen LogP contribution >= 0.6 is 12.4 Å². The highest BCUT2D eigenvalue weighted by Gasteiger charge is 2.29. The van der Waals surface area contributed by atoms with Crippen LogP contribution in [0.3, 0.4) is 0 Å². The van der Waals surface area contributed by atoms with E-state index < -0.39 is 29.3 Å². The number of aromatic nitrogens is 2. The maximum atomic E-state index is 11.8. The fourth-order valence-corrected chi connectivity index (χ4v) is 2.36. The van der Waals surface area contributed by atoms with Crippen molar-refractivity contribution in [1.82, 2.24) is 9.55 Å². The molecule has 13 heteroatoms. The van der Waals surface area contributed by atoms with Gasteiger partial charge in [-0.3, -0.25) is 14.7 Å². The van der Waals surface area contributed by atoms with Crippen LogP contribution in [-0.2, 0) is 25.6 Å². The number of nitrogens with zero attached hydrogens (tertiary/aromatic N) is 3. The number of hydrogen-bond donors (Lipinski definition) is 1. The maximum Gasteiger partial charge on any atom is 0.508 e. The first-order valence-electron chi connectivity index (χ1n) is 8.07. The summed E-state index contributed by atoms with van der Waals surface area (Å²) in [7, 11) is 0. The topological polar surface area (TPSA) is 158 Å². The van der Waals surface area contributed by atoms with E-state index in [1.807, 2.05) is 0 Å². The summed E-state index contributed by atoms with van der Waals surface area (Å²) in [6, 6.07) is 7.00. The molecule has 0 spiro atoms. The standard InChI is InChI=1S/C16H16N4O8.ClH/c17-12-5-6-19(15(21)18-12)13-8-25-14(28-13)9-27-16(22)26-7-10-1-3-11(4-2-10)20(23)24;/h1-6,13-14H,7-9H2,(H2,17,18,21);1H. The molecule has 0 bridgehead atoms. The van der Waals surface area contributed by atoms with E-state index in [0.29, 0.717) is 5.56 Å². The summed E-state index contributed by atoms with van der Waals surface area (Å²) < 4.78 is 21.8. The second-order valence-electron chi connectivity index (χ2n) is 5.67. The maximum absolute atomic E-state index is 11.8. The summed E-state index contributed by atoms with van der Waals surface area (Å²) in [5.41, 5.74) is 5.34. The van der Waals surface area contributed by atoms with Crippen molar-refractivity contribution in [2.24, 2.45) is 0 Å². The number of nitro groups is 1. The summed E-state index contributed by atoms with van der Waals surface area (Å²) in [4.78, 5) is 37.1. The lowest BCUT2D eigenvalue weighted by molar-refractivity contribution is -0.384. The summed E-state index contributed by atoms with van der Waals surface area (Å²) >= 11 is 0. The third kappa shape index (κ3) is 5.88. The van der Waals surface area contributed by atoms with Crippen LogP contribution in [-0.4, -0.2) is 40.1 Å². The van der Waals surface area contributed by atoms with E-state index in [0.717, 1.165) is 0 Å². The molecule has 1 aromatic heterocycles. The predicted octanol–water partition coefficient (Wildman–Crippen LogP) is 1.38. The van der Waals surface area contributed by atoms with Crippen molar-refractivity contribution in [2.75, 3.05) is 18.9 Å². The average Bonchev–Trinajstić information content (AvgIpc) is 3.13. The molecule has 2 unspecified atom stereocenters. The largest absolute Gasteiger partial charge is 0.508 e. The van der Waals surface area contributed by atoms with Crippen LogP contribution in [0.25, 0.3) is 0 Å². The minimum absolute atomic E-state index is 0. The Morgan fingerprint density at radius 2 is 2.03 bits per heavy atom. The van der Waals surface area contributed by atoms with Gasteiger partial charge >= 0.3 is 11.8 Å². The number of nitrogens with two attached hydrogens (primary N) is 1. The number of nitrogen functional groups attached to an aromatic ring is 1. The molecule has 1 fully saturated rings. The fraction of sp³-hybridized carbons (Fsp3) is 0.312.